The van der Waals surface area contributed by atoms with Crippen molar-refractivity contribution in [1.29, 1.82) is 0 Å². The second kappa shape index (κ2) is 10.1. The summed E-state index contributed by atoms with van der Waals surface area (Å²) in [4.78, 5) is 7.05. The molecule has 6 heteroatoms. The summed E-state index contributed by atoms with van der Waals surface area (Å²) < 4.78 is 0. The molecule has 2 aromatic carbocycles. The van der Waals surface area contributed by atoms with E-state index in [1.165, 1.54) is 0 Å². The molecular formula is C24H31ClN4O. The lowest BCUT2D eigenvalue weighted by molar-refractivity contribution is 0.291. The van der Waals surface area contributed by atoms with Crippen LogP contribution in [0.1, 0.15) is 37.6 Å². The molecule has 0 unspecified atom stereocenters. The van der Waals surface area contributed by atoms with Crippen molar-refractivity contribution >= 4 is 33.9 Å². The number of hydrogen-bond donors (Lipinski definition) is 3. The fraction of sp³-hybridized carbons (Fsp3) is 0.375. The normalized spacial score (nSPS) is 11.4. The van der Waals surface area contributed by atoms with Gasteiger partial charge in [0.05, 0.1) is 11.2 Å². The number of hydrogen-bond acceptors (Lipinski definition) is 5. The Balaban J connectivity index is 2.05. The maximum Gasteiger partial charge on any atom is 0.120 e. The summed E-state index contributed by atoms with van der Waals surface area (Å²) in [5, 5.41) is 19.1. The number of halogens is 1. The summed E-state index contributed by atoms with van der Waals surface area (Å²) >= 11 is 6.22. The molecule has 5 nitrogen and oxygen atoms in total. The average Bonchev–Trinajstić information content (AvgIpc) is 2.73. The van der Waals surface area contributed by atoms with Gasteiger partial charge in [0.25, 0.3) is 0 Å². The minimum absolute atomic E-state index is 0.322. The number of benzene rings is 2. The molecule has 160 valence electrons. The highest BCUT2D eigenvalue weighted by molar-refractivity contribution is 6.31. The summed E-state index contributed by atoms with van der Waals surface area (Å²) in [6, 6.07) is 11.5. The van der Waals surface area contributed by atoms with Gasteiger partial charge in [-0.1, -0.05) is 32.4 Å². The van der Waals surface area contributed by atoms with E-state index in [1.54, 1.807) is 6.07 Å². The number of nitrogens with zero attached hydrogens (tertiary/aromatic N) is 2. The van der Waals surface area contributed by atoms with Crippen LogP contribution < -0.4 is 10.6 Å². The molecule has 3 N–H and O–H groups in total. The van der Waals surface area contributed by atoms with Crippen LogP contribution in [0.15, 0.2) is 36.4 Å². The molecule has 1 heterocycles. The Morgan fingerprint density at radius 1 is 1.07 bits per heavy atom. The first-order chi connectivity index (χ1) is 14.5. The Morgan fingerprint density at radius 3 is 2.53 bits per heavy atom. The molecule has 3 rings (SSSR count). The van der Waals surface area contributed by atoms with Gasteiger partial charge in [-0.25, -0.2) is 0 Å². The molecule has 3 aromatic rings. The van der Waals surface area contributed by atoms with Crippen molar-refractivity contribution in [2.75, 3.05) is 25.0 Å². The lowest BCUT2D eigenvalue weighted by atomic mass is 10.0. The Hall–Kier alpha value is -2.34. The highest BCUT2D eigenvalue weighted by atomic mass is 35.5. The molecule has 30 heavy (non-hydrogen) atoms. The van der Waals surface area contributed by atoms with Crippen molar-refractivity contribution in [2.24, 2.45) is 0 Å². The number of aromatic nitrogens is 1. The molecule has 0 amide bonds. The summed E-state index contributed by atoms with van der Waals surface area (Å²) in [7, 11) is 0. The largest absolute Gasteiger partial charge is 0.508 e. The number of anilines is 2. The van der Waals surface area contributed by atoms with Crippen LogP contribution in [-0.2, 0) is 13.1 Å². The highest BCUT2D eigenvalue weighted by Gasteiger charge is 2.14. The van der Waals surface area contributed by atoms with Crippen LogP contribution in [0.2, 0.25) is 5.02 Å². The van der Waals surface area contributed by atoms with E-state index >= 15 is 0 Å². The molecular weight excluding hydrogens is 396 g/mol. The van der Waals surface area contributed by atoms with E-state index in [4.69, 9.17) is 16.6 Å². The number of aromatic hydroxyl groups is 1. The molecule has 0 bridgehead atoms. The van der Waals surface area contributed by atoms with Crippen LogP contribution in [0, 0.1) is 6.92 Å². The third-order valence-corrected chi connectivity index (χ3v) is 5.68. The lowest BCUT2D eigenvalue weighted by Gasteiger charge is -2.21. The quantitative estimate of drug-likeness (QED) is 0.389. The van der Waals surface area contributed by atoms with Crippen molar-refractivity contribution in [1.82, 2.24) is 15.2 Å². The molecule has 0 aliphatic carbocycles. The monoisotopic (exact) mass is 426 g/mol. The number of phenolic OH excluding ortho intramolecular Hbond substituents is 1. The molecule has 0 atom stereocenters. The Labute approximate surface area is 184 Å². The third-order valence-electron chi connectivity index (χ3n) is 5.44. The third kappa shape index (κ3) is 5.04. The van der Waals surface area contributed by atoms with Crippen LogP contribution in [0.5, 0.6) is 5.75 Å². The van der Waals surface area contributed by atoms with Crippen LogP contribution >= 0.6 is 11.6 Å². The molecule has 0 saturated carbocycles. The molecule has 0 aliphatic rings. The SMILES string of the molecule is CCNCc1c(C)nc2cc(Cl)ccc2c1Nc1ccc(O)c(CN(CC)CC)c1. The first-order valence-corrected chi connectivity index (χ1v) is 10.9. The molecule has 0 aliphatic heterocycles. The van der Waals surface area contributed by atoms with E-state index in [-0.39, 0.29) is 0 Å². The molecule has 0 radical (unpaired) electrons. The van der Waals surface area contributed by atoms with Gasteiger partial charge in [0.1, 0.15) is 5.75 Å². The van der Waals surface area contributed by atoms with Gasteiger partial charge in [0.2, 0.25) is 0 Å². The number of fused-ring (bicyclic) bond motifs is 1. The first-order valence-electron chi connectivity index (χ1n) is 10.6. The van der Waals surface area contributed by atoms with Crippen molar-refractivity contribution in [2.45, 2.75) is 40.8 Å². The van der Waals surface area contributed by atoms with Gasteiger partial charge in [-0.2, -0.15) is 0 Å². The maximum absolute atomic E-state index is 10.4. The summed E-state index contributed by atoms with van der Waals surface area (Å²) in [5.41, 5.74) is 5.84. The van der Waals surface area contributed by atoms with Crippen LogP contribution in [0.3, 0.4) is 0 Å². The Bertz CT molecular complexity index is 1020. The van der Waals surface area contributed by atoms with Gasteiger partial charge < -0.3 is 15.7 Å². The van der Waals surface area contributed by atoms with E-state index in [2.05, 4.69) is 36.3 Å². The topological polar surface area (TPSA) is 60.4 Å². The standard InChI is InChI=1S/C24H31ClN4O/c1-5-26-14-21-16(4)27-22-13-18(25)8-10-20(22)24(21)28-19-9-11-23(30)17(12-19)15-29(6-2)7-3/h8-13,26,30H,5-7,14-15H2,1-4H3,(H,27,28). The van der Waals surface area contributed by atoms with E-state index in [0.29, 0.717) is 17.3 Å². The number of phenols is 1. The number of rotatable bonds is 9. The van der Waals surface area contributed by atoms with Gasteiger partial charge in [-0.15, -0.1) is 0 Å². The fourth-order valence-electron chi connectivity index (χ4n) is 3.63. The van der Waals surface area contributed by atoms with Gasteiger partial charge >= 0.3 is 0 Å². The average molecular weight is 427 g/mol. The lowest BCUT2D eigenvalue weighted by Crippen LogP contribution is -2.22. The predicted octanol–water partition coefficient (Wildman–Crippen LogP) is 5.60. The fourth-order valence-corrected chi connectivity index (χ4v) is 3.80. The van der Waals surface area contributed by atoms with Gasteiger partial charge in [-0.3, -0.25) is 9.88 Å². The molecule has 0 saturated heterocycles. The minimum Gasteiger partial charge on any atom is -0.508 e. The number of pyridine rings is 1. The van der Waals surface area contributed by atoms with Gasteiger partial charge in [-0.05, 0) is 63.0 Å². The summed E-state index contributed by atoms with van der Waals surface area (Å²) in [6.45, 7) is 12.6. The zero-order valence-electron chi connectivity index (χ0n) is 18.2. The zero-order valence-corrected chi connectivity index (χ0v) is 19.0. The van der Waals surface area contributed by atoms with Crippen molar-refractivity contribution in [3.05, 3.63) is 58.2 Å². The van der Waals surface area contributed by atoms with Gasteiger partial charge in [0.15, 0.2) is 0 Å². The Kier molecular flexibility index (Phi) is 7.53. The van der Waals surface area contributed by atoms with Crippen molar-refractivity contribution in [3.63, 3.8) is 0 Å². The number of aryl methyl sites for hydroxylation is 1. The zero-order chi connectivity index (χ0) is 21.7. The smallest absolute Gasteiger partial charge is 0.120 e. The second-order valence-corrected chi connectivity index (χ2v) is 7.86. The van der Waals surface area contributed by atoms with Gasteiger partial charge in [0, 0.05) is 46.0 Å². The first kappa shape index (κ1) is 22.3. The minimum atomic E-state index is 0.322. The summed E-state index contributed by atoms with van der Waals surface area (Å²) in [6.07, 6.45) is 0. The van der Waals surface area contributed by atoms with Crippen molar-refractivity contribution < 1.29 is 5.11 Å². The summed E-state index contributed by atoms with van der Waals surface area (Å²) in [5.74, 6) is 0.322. The van der Waals surface area contributed by atoms with Crippen LogP contribution in [0.25, 0.3) is 10.9 Å². The predicted molar refractivity (Wildman–Crippen MR) is 127 cm³/mol. The van der Waals surface area contributed by atoms with E-state index < -0.39 is 0 Å². The maximum atomic E-state index is 10.4. The van der Waals surface area contributed by atoms with E-state index in [1.807, 2.05) is 37.3 Å². The van der Waals surface area contributed by atoms with Crippen LogP contribution in [-0.4, -0.2) is 34.6 Å². The molecule has 0 fully saturated rings. The number of nitrogens with one attached hydrogen (secondary N) is 2. The van der Waals surface area contributed by atoms with Crippen LogP contribution in [0.4, 0.5) is 11.4 Å². The molecule has 0 spiro atoms. The second-order valence-electron chi connectivity index (χ2n) is 7.42. The Morgan fingerprint density at radius 2 is 1.83 bits per heavy atom. The highest BCUT2D eigenvalue weighted by Crippen LogP contribution is 2.34. The molecule has 1 aromatic heterocycles. The van der Waals surface area contributed by atoms with Crippen molar-refractivity contribution in [3.8, 4) is 5.75 Å². The van der Waals surface area contributed by atoms with E-state index in [9.17, 15) is 5.11 Å². The van der Waals surface area contributed by atoms with E-state index in [0.717, 1.165) is 65.3 Å².